The van der Waals surface area contributed by atoms with Crippen molar-refractivity contribution in [1.29, 1.82) is 0 Å². The van der Waals surface area contributed by atoms with Gasteiger partial charge in [0.2, 0.25) is 0 Å². The molecule has 1 N–H and O–H groups in total. The second-order valence-electron chi connectivity index (χ2n) is 5.49. The van der Waals surface area contributed by atoms with Crippen LogP contribution in [0.15, 0.2) is 59.6 Å². The quantitative estimate of drug-likeness (QED) is 0.768. The average molecular weight is 362 g/mol. The molecule has 0 bridgehead atoms. The predicted molar refractivity (Wildman–Crippen MR) is 98.3 cm³/mol. The summed E-state index contributed by atoms with van der Waals surface area (Å²) in [6.45, 7) is 0. The number of hydrogen-bond donors (Lipinski definition) is 1. The Labute approximate surface area is 145 Å². The van der Waals surface area contributed by atoms with E-state index >= 15 is 0 Å². The smallest absolute Gasteiger partial charge is 0.263 e. The first-order chi connectivity index (χ1) is 11.4. The van der Waals surface area contributed by atoms with Crippen LogP contribution in [0.2, 0.25) is 5.02 Å². The average Bonchev–Trinajstić information content (AvgIpc) is 2.55. The molecule has 0 radical (unpaired) electrons. The normalized spacial score (nSPS) is 11.5. The van der Waals surface area contributed by atoms with Crippen molar-refractivity contribution in [2.75, 3.05) is 23.7 Å². The molecule has 0 aliphatic rings. The van der Waals surface area contributed by atoms with Crippen molar-refractivity contribution in [2.45, 2.75) is 4.90 Å². The van der Waals surface area contributed by atoms with Gasteiger partial charge in [-0.15, -0.1) is 0 Å². The molecule has 0 unspecified atom stereocenters. The largest absolute Gasteiger partial charge is 0.377 e. The van der Waals surface area contributed by atoms with Gasteiger partial charge in [0.1, 0.15) is 5.82 Å². The lowest BCUT2D eigenvalue weighted by Gasteiger charge is -2.17. The summed E-state index contributed by atoms with van der Waals surface area (Å²) in [4.78, 5) is 6.14. The first-order valence-electron chi connectivity index (χ1n) is 7.22. The van der Waals surface area contributed by atoms with Gasteiger partial charge >= 0.3 is 0 Å². The van der Waals surface area contributed by atoms with Crippen LogP contribution in [0, 0.1) is 0 Å². The zero-order valence-electron chi connectivity index (χ0n) is 13.2. The molecule has 0 amide bonds. The van der Waals surface area contributed by atoms with Crippen molar-refractivity contribution in [3.63, 3.8) is 0 Å². The van der Waals surface area contributed by atoms with E-state index < -0.39 is 10.0 Å². The number of halogens is 1. The van der Waals surface area contributed by atoms with E-state index in [2.05, 4.69) is 9.71 Å². The highest BCUT2D eigenvalue weighted by atomic mass is 35.5. The fourth-order valence-electron chi connectivity index (χ4n) is 2.52. The van der Waals surface area contributed by atoms with Crippen molar-refractivity contribution < 1.29 is 8.42 Å². The monoisotopic (exact) mass is 361 g/mol. The first-order valence-corrected chi connectivity index (χ1v) is 9.08. The molecule has 0 atom stereocenters. The van der Waals surface area contributed by atoms with Crippen LogP contribution in [0.1, 0.15) is 0 Å². The molecule has 2 aromatic carbocycles. The summed E-state index contributed by atoms with van der Waals surface area (Å²) in [5.74, 6) is 0.222. The first kappa shape index (κ1) is 16.5. The Morgan fingerprint density at radius 3 is 2.38 bits per heavy atom. The molecule has 3 aromatic rings. The van der Waals surface area contributed by atoms with Crippen molar-refractivity contribution in [2.24, 2.45) is 0 Å². The lowest BCUT2D eigenvalue weighted by molar-refractivity contribution is 0.602. The number of anilines is 2. The van der Waals surface area contributed by atoms with Crippen LogP contribution >= 0.6 is 11.6 Å². The summed E-state index contributed by atoms with van der Waals surface area (Å²) >= 11 is 5.78. The Hall–Kier alpha value is -2.31. The summed E-state index contributed by atoms with van der Waals surface area (Å²) in [6.07, 6.45) is 1.40. The van der Waals surface area contributed by atoms with Crippen molar-refractivity contribution in [3.8, 4) is 0 Å². The van der Waals surface area contributed by atoms with Gasteiger partial charge < -0.3 is 4.90 Å². The number of fused-ring (bicyclic) bond motifs is 1. The molecule has 0 fully saturated rings. The highest BCUT2D eigenvalue weighted by Gasteiger charge is 2.19. The number of hydrogen-bond acceptors (Lipinski definition) is 4. The zero-order valence-corrected chi connectivity index (χ0v) is 14.8. The highest BCUT2D eigenvalue weighted by Crippen LogP contribution is 2.30. The summed E-state index contributed by atoms with van der Waals surface area (Å²) < 4.78 is 28.1. The number of nitrogens with one attached hydrogen (secondary N) is 1. The Morgan fingerprint density at radius 2 is 1.71 bits per heavy atom. The molecule has 0 saturated carbocycles. The highest BCUT2D eigenvalue weighted by molar-refractivity contribution is 7.93. The van der Waals surface area contributed by atoms with Crippen molar-refractivity contribution in [3.05, 3.63) is 59.8 Å². The maximum Gasteiger partial charge on any atom is 0.263 e. The number of benzene rings is 2. The van der Waals surface area contributed by atoms with Crippen LogP contribution in [-0.2, 0) is 10.0 Å². The van der Waals surface area contributed by atoms with E-state index in [1.165, 1.54) is 12.3 Å². The molecule has 0 aliphatic heterocycles. The van der Waals surface area contributed by atoms with Crippen molar-refractivity contribution in [1.82, 2.24) is 4.98 Å². The lowest BCUT2D eigenvalue weighted by Crippen LogP contribution is -2.15. The number of sulfonamides is 1. The molecular formula is C17H16ClN3O2S. The summed E-state index contributed by atoms with van der Waals surface area (Å²) in [7, 11) is 0.0756. The molecule has 0 aliphatic carbocycles. The lowest BCUT2D eigenvalue weighted by atomic mass is 10.1. The number of aromatic nitrogens is 1. The number of pyridine rings is 1. The van der Waals surface area contributed by atoms with Gasteiger partial charge in [-0.3, -0.25) is 4.72 Å². The summed E-state index contributed by atoms with van der Waals surface area (Å²) in [5, 5.41) is 1.97. The van der Waals surface area contributed by atoms with Gasteiger partial charge in [-0.1, -0.05) is 35.9 Å². The van der Waals surface area contributed by atoms with Gasteiger partial charge in [0.15, 0.2) is 0 Å². The molecule has 0 saturated heterocycles. The van der Waals surface area contributed by atoms with E-state index in [9.17, 15) is 8.42 Å². The van der Waals surface area contributed by atoms with E-state index in [1.54, 1.807) is 24.3 Å². The van der Waals surface area contributed by atoms with Crippen LogP contribution in [0.5, 0.6) is 0 Å². The third kappa shape index (κ3) is 3.16. The van der Waals surface area contributed by atoms with Crippen LogP contribution < -0.4 is 9.62 Å². The Morgan fingerprint density at radius 1 is 1.00 bits per heavy atom. The maximum atomic E-state index is 12.8. The SMILES string of the molecule is CN(C)c1cccc2c(S(=O)(=O)Nc3ccc(Cl)cn3)cccc12. The van der Waals surface area contributed by atoms with E-state index in [0.717, 1.165) is 11.1 Å². The minimum Gasteiger partial charge on any atom is -0.377 e. The third-order valence-electron chi connectivity index (χ3n) is 3.60. The second-order valence-corrected chi connectivity index (χ2v) is 7.58. The van der Waals surface area contributed by atoms with Crippen molar-refractivity contribution >= 4 is 43.9 Å². The molecular weight excluding hydrogens is 346 g/mol. The fourth-order valence-corrected chi connectivity index (χ4v) is 3.86. The van der Waals surface area contributed by atoms with Gasteiger partial charge in [-0.05, 0) is 24.3 Å². The summed E-state index contributed by atoms with van der Waals surface area (Å²) in [5.41, 5.74) is 0.953. The Kier molecular flexibility index (Phi) is 4.34. The minimum absolute atomic E-state index is 0.209. The molecule has 5 nitrogen and oxygen atoms in total. The van der Waals surface area contributed by atoms with Gasteiger partial charge in [0.05, 0.1) is 9.92 Å². The Balaban J connectivity index is 2.11. The molecule has 7 heteroatoms. The number of nitrogens with zero attached hydrogens (tertiary/aromatic N) is 2. The van der Waals surface area contributed by atoms with Crippen LogP contribution in [-0.4, -0.2) is 27.5 Å². The summed E-state index contributed by atoms with van der Waals surface area (Å²) in [6, 6.07) is 13.9. The molecule has 1 aromatic heterocycles. The minimum atomic E-state index is -3.77. The van der Waals surface area contributed by atoms with E-state index in [-0.39, 0.29) is 10.7 Å². The van der Waals surface area contributed by atoms with Crippen LogP contribution in [0.4, 0.5) is 11.5 Å². The molecule has 0 spiro atoms. The van der Waals surface area contributed by atoms with E-state index in [4.69, 9.17) is 11.6 Å². The van der Waals surface area contributed by atoms with Crippen LogP contribution in [0.3, 0.4) is 0 Å². The molecule has 124 valence electrons. The topological polar surface area (TPSA) is 62.3 Å². The second kappa shape index (κ2) is 6.30. The molecule has 1 heterocycles. The predicted octanol–water partition coefficient (Wildman–Crippen LogP) is 3.76. The zero-order chi connectivity index (χ0) is 17.3. The Bertz CT molecular complexity index is 986. The standard InChI is InChI=1S/C17H16ClN3O2S/c1-21(2)15-7-3-6-14-13(15)5-4-8-16(14)24(22,23)20-17-10-9-12(18)11-19-17/h3-11H,1-2H3,(H,19,20). The van der Waals surface area contributed by atoms with Gasteiger partial charge in [-0.2, -0.15) is 0 Å². The third-order valence-corrected chi connectivity index (χ3v) is 5.23. The van der Waals surface area contributed by atoms with Gasteiger partial charge in [0, 0.05) is 36.8 Å². The van der Waals surface area contributed by atoms with Gasteiger partial charge in [0.25, 0.3) is 10.0 Å². The number of rotatable bonds is 4. The van der Waals surface area contributed by atoms with E-state index in [0.29, 0.717) is 10.4 Å². The fraction of sp³-hybridized carbons (Fsp3) is 0.118. The molecule has 3 rings (SSSR count). The molecule has 24 heavy (non-hydrogen) atoms. The van der Waals surface area contributed by atoms with E-state index in [1.807, 2.05) is 37.2 Å². The maximum absolute atomic E-state index is 12.8. The van der Waals surface area contributed by atoms with Gasteiger partial charge in [-0.25, -0.2) is 13.4 Å². The van der Waals surface area contributed by atoms with Crippen LogP contribution in [0.25, 0.3) is 10.8 Å².